The Labute approximate surface area is 129 Å². The molecule has 0 radical (unpaired) electrons. The Morgan fingerprint density at radius 2 is 2.05 bits per heavy atom. The summed E-state index contributed by atoms with van der Waals surface area (Å²) in [6.45, 7) is 3.01. The normalized spacial score (nSPS) is 15.8. The predicted octanol–water partition coefficient (Wildman–Crippen LogP) is 5.51. The first-order chi connectivity index (χ1) is 10.2. The minimum absolute atomic E-state index is 0.150. The van der Waals surface area contributed by atoms with Crippen molar-refractivity contribution in [1.82, 2.24) is 4.98 Å². The quantitative estimate of drug-likeness (QED) is 0.806. The highest BCUT2D eigenvalue weighted by Gasteiger charge is 2.20. The maximum atomic E-state index is 13.7. The summed E-state index contributed by atoms with van der Waals surface area (Å²) in [7, 11) is 0. The van der Waals surface area contributed by atoms with Crippen molar-refractivity contribution in [3.05, 3.63) is 34.7 Å². The average molecular weight is 307 g/mol. The lowest BCUT2D eigenvalue weighted by Gasteiger charge is -2.15. The first-order valence-electron chi connectivity index (χ1n) is 7.72. The van der Waals surface area contributed by atoms with E-state index in [-0.39, 0.29) is 5.02 Å². The Bertz CT molecular complexity index is 651. The van der Waals surface area contributed by atoms with Crippen molar-refractivity contribution in [3.63, 3.8) is 0 Å². The Hall–Kier alpha value is -1.35. The lowest BCUT2D eigenvalue weighted by molar-refractivity contribution is 0.629. The molecular formula is C17H20ClFN2. The first-order valence-corrected chi connectivity index (χ1v) is 8.10. The van der Waals surface area contributed by atoms with Crippen LogP contribution >= 0.6 is 11.6 Å². The van der Waals surface area contributed by atoms with Gasteiger partial charge in [-0.05, 0) is 31.4 Å². The zero-order chi connectivity index (χ0) is 14.8. The number of fused-ring (bicyclic) bond motifs is 1. The largest absolute Gasteiger partial charge is 0.384 e. The van der Waals surface area contributed by atoms with Crippen molar-refractivity contribution in [1.29, 1.82) is 0 Å². The van der Waals surface area contributed by atoms with E-state index in [2.05, 4.69) is 23.3 Å². The van der Waals surface area contributed by atoms with Gasteiger partial charge >= 0.3 is 0 Å². The number of hydrogen-bond donors (Lipinski definition) is 1. The Balaban J connectivity index is 2.11. The number of rotatable bonds is 4. The molecule has 1 aliphatic carbocycles. The maximum absolute atomic E-state index is 13.7. The van der Waals surface area contributed by atoms with Gasteiger partial charge in [0.1, 0.15) is 5.82 Å². The zero-order valence-electron chi connectivity index (χ0n) is 12.3. The molecular weight excluding hydrogens is 287 g/mol. The molecule has 0 spiro atoms. The maximum Gasteiger partial charge on any atom is 0.143 e. The Morgan fingerprint density at radius 1 is 1.29 bits per heavy atom. The second-order valence-electron chi connectivity index (χ2n) is 5.79. The smallest absolute Gasteiger partial charge is 0.143 e. The summed E-state index contributed by atoms with van der Waals surface area (Å²) < 4.78 is 13.7. The Morgan fingerprint density at radius 3 is 2.76 bits per heavy atom. The molecule has 1 saturated carbocycles. The molecule has 1 fully saturated rings. The third-order valence-electron chi connectivity index (χ3n) is 4.21. The topological polar surface area (TPSA) is 24.9 Å². The van der Waals surface area contributed by atoms with Gasteiger partial charge in [-0.15, -0.1) is 0 Å². The van der Waals surface area contributed by atoms with E-state index in [9.17, 15) is 4.39 Å². The molecule has 4 heteroatoms. The number of aromatic nitrogens is 1. The van der Waals surface area contributed by atoms with Gasteiger partial charge < -0.3 is 5.32 Å². The standard InChI is InChI=1S/C17H20ClFN2/c1-2-7-20-16-10-15(11-5-3-4-6-11)21-17-9-14(19)13(18)8-12(16)17/h8-11H,2-7H2,1H3,(H,20,21). The number of nitrogens with zero attached hydrogens (tertiary/aromatic N) is 1. The second-order valence-corrected chi connectivity index (χ2v) is 6.19. The van der Waals surface area contributed by atoms with Crippen LogP contribution in [-0.4, -0.2) is 11.5 Å². The van der Waals surface area contributed by atoms with E-state index in [1.165, 1.54) is 31.7 Å². The summed E-state index contributed by atoms with van der Waals surface area (Å²) in [6, 6.07) is 5.26. The summed E-state index contributed by atoms with van der Waals surface area (Å²) in [5, 5.41) is 4.48. The predicted molar refractivity (Wildman–Crippen MR) is 86.7 cm³/mol. The molecule has 21 heavy (non-hydrogen) atoms. The van der Waals surface area contributed by atoms with Crippen LogP contribution in [0.3, 0.4) is 0 Å². The van der Waals surface area contributed by atoms with Gasteiger partial charge in [0, 0.05) is 35.3 Å². The molecule has 0 bridgehead atoms. The fourth-order valence-electron chi connectivity index (χ4n) is 3.08. The van der Waals surface area contributed by atoms with Gasteiger partial charge in [0.25, 0.3) is 0 Å². The lowest BCUT2D eigenvalue weighted by Crippen LogP contribution is -2.04. The van der Waals surface area contributed by atoms with E-state index in [0.717, 1.165) is 29.7 Å². The third kappa shape index (κ3) is 2.98. The summed E-state index contributed by atoms with van der Waals surface area (Å²) >= 11 is 5.93. The van der Waals surface area contributed by atoms with Crippen LogP contribution in [0.2, 0.25) is 5.02 Å². The van der Waals surface area contributed by atoms with Crippen molar-refractivity contribution in [2.45, 2.75) is 44.9 Å². The van der Waals surface area contributed by atoms with E-state index in [1.807, 2.05) is 0 Å². The van der Waals surface area contributed by atoms with Gasteiger partial charge in [0.05, 0.1) is 10.5 Å². The molecule has 0 amide bonds. The van der Waals surface area contributed by atoms with Gasteiger partial charge in [0.2, 0.25) is 0 Å². The number of hydrogen-bond acceptors (Lipinski definition) is 2. The highest BCUT2D eigenvalue weighted by atomic mass is 35.5. The van der Waals surface area contributed by atoms with E-state index < -0.39 is 5.82 Å². The van der Waals surface area contributed by atoms with Gasteiger partial charge in [0.15, 0.2) is 0 Å². The molecule has 1 aliphatic rings. The fourth-order valence-corrected chi connectivity index (χ4v) is 3.24. The molecule has 0 saturated heterocycles. The van der Waals surface area contributed by atoms with Crippen LogP contribution in [0, 0.1) is 5.82 Å². The number of benzene rings is 1. The molecule has 3 rings (SSSR count). The van der Waals surface area contributed by atoms with Crippen LogP contribution in [0.4, 0.5) is 10.1 Å². The number of halogens is 2. The van der Waals surface area contributed by atoms with Crippen molar-refractivity contribution < 1.29 is 4.39 Å². The van der Waals surface area contributed by atoms with Gasteiger partial charge in [-0.25, -0.2) is 4.39 Å². The first kappa shape index (κ1) is 14.6. The van der Waals surface area contributed by atoms with Crippen molar-refractivity contribution in [3.8, 4) is 0 Å². The molecule has 0 unspecified atom stereocenters. The molecule has 0 atom stereocenters. The minimum Gasteiger partial charge on any atom is -0.384 e. The molecule has 2 nitrogen and oxygen atoms in total. The number of anilines is 1. The van der Waals surface area contributed by atoms with Crippen molar-refractivity contribution in [2.75, 3.05) is 11.9 Å². The summed E-state index contributed by atoms with van der Waals surface area (Å²) in [5.41, 5.74) is 2.80. The van der Waals surface area contributed by atoms with E-state index in [4.69, 9.17) is 11.6 Å². The van der Waals surface area contributed by atoms with Crippen LogP contribution in [0.25, 0.3) is 10.9 Å². The molecule has 112 valence electrons. The lowest BCUT2D eigenvalue weighted by atomic mass is 10.0. The molecule has 1 N–H and O–H groups in total. The van der Waals surface area contributed by atoms with E-state index in [0.29, 0.717) is 11.4 Å². The van der Waals surface area contributed by atoms with Gasteiger partial charge in [-0.2, -0.15) is 0 Å². The average Bonchev–Trinajstić information content (AvgIpc) is 3.00. The van der Waals surface area contributed by atoms with Gasteiger partial charge in [-0.1, -0.05) is 31.4 Å². The highest BCUT2D eigenvalue weighted by Crippen LogP contribution is 2.36. The Kier molecular flexibility index (Phi) is 4.29. The minimum atomic E-state index is -0.401. The van der Waals surface area contributed by atoms with Crippen LogP contribution in [0.1, 0.15) is 50.6 Å². The molecule has 1 heterocycles. The molecule has 0 aliphatic heterocycles. The van der Waals surface area contributed by atoms with Crippen LogP contribution in [0.15, 0.2) is 18.2 Å². The van der Waals surface area contributed by atoms with Gasteiger partial charge in [-0.3, -0.25) is 4.98 Å². The number of pyridine rings is 1. The SMILES string of the molecule is CCCNc1cc(C2CCCC2)nc2cc(F)c(Cl)cc12. The van der Waals surface area contributed by atoms with Crippen molar-refractivity contribution in [2.24, 2.45) is 0 Å². The van der Waals surface area contributed by atoms with E-state index >= 15 is 0 Å². The van der Waals surface area contributed by atoms with Crippen LogP contribution in [-0.2, 0) is 0 Å². The third-order valence-corrected chi connectivity index (χ3v) is 4.50. The summed E-state index contributed by atoms with van der Waals surface area (Å²) in [4.78, 5) is 4.69. The summed E-state index contributed by atoms with van der Waals surface area (Å²) in [6.07, 6.45) is 5.93. The molecule has 1 aromatic carbocycles. The van der Waals surface area contributed by atoms with Crippen LogP contribution < -0.4 is 5.32 Å². The summed E-state index contributed by atoms with van der Waals surface area (Å²) in [5.74, 6) is 0.108. The van der Waals surface area contributed by atoms with E-state index in [1.54, 1.807) is 6.07 Å². The number of nitrogens with one attached hydrogen (secondary N) is 1. The molecule has 1 aromatic heterocycles. The van der Waals surface area contributed by atoms with Crippen LogP contribution in [0.5, 0.6) is 0 Å². The monoisotopic (exact) mass is 306 g/mol. The van der Waals surface area contributed by atoms with Crippen molar-refractivity contribution >= 4 is 28.2 Å². The highest BCUT2D eigenvalue weighted by molar-refractivity contribution is 6.31. The second kappa shape index (κ2) is 6.18. The fraction of sp³-hybridized carbons (Fsp3) is 0.471. The zero-order valence-corrected chi connectivity index (χ0v) is 13.0. The molecule has 2 aromatic rings.